The first kappa shape index (κ1) is 21.9. The minimum Gasteiger partial charge on any atom is -0.294 e. The molecular weight excluding hydrogens is 427 g/mol. The lowest BCUT2D eigenvalue weighted by Crippen LogP contribution is -2.17. The van der Waals surface area contributed by atoms with E-state index >= 15 is 0 Å². The molecule has 8 heteroatoms. The molecule has 2 N–H and O–H groups in total. The fourth-order valence-electron chi connectivity index (χ4n) is 3.80. The number of hydrogen-bond donors (Lipinski definition) is 2. The highest BCUT2D eigenvalue weighted by molar-refractivity contribution is 7.77. The third kappa shape index (κ3) is 5.28. The topological polar surface area (TPSA) is 88.0 Å². The van der Waals surface area contributed by atoms with Gasteiger partial charge in [0.05, 0.1) is 12.2 Å². The number of benzene rings is 1. The van der Waals surface area contributed by atoms with E-state index in [0.717, 1.165) is 22.3 Å². The monoisotopic (exact) mass is 448 g/mol. The summed E-state index contributed by atoms with van der Waals surface area (Å²) in [7, 11) is 0. The van der Waals surface area contributed by atoms with Crippen molar-refractivity contribution >= 4 is 11.3 Å². The van der Waals surface area contributed by atoms with E-state index in [4.69, 9.17) is 4.55 Å². The maximum atomic E-state index is 13.7. The summed E-state index contributed by atoms with van der Waals surface area (Å²) in [6.07, 6.45) is 8.87. The molecule has 0 fully saturated rings. The lowest BCUT2D eigenvalue weighted by molar-refractivity contribution is 0.548. The Morgan fingerprint density at radius 3 is 1.88 bits per heavy atom. The Bertz CT molecular complexity index is 1120. The minimum atomic E-state index is -2.11. The van der Waals surface area contributed by atoms with E-state index in [9.17, 15) is 8.60 Å². The van der Waals surface area contributed by atoms with Crippen molar-refractivity contribution in [1.82, 2.24) is 19.7 Å². The van der Waals surface area contributed by atoms with Gasteiger partial charge >= 0.3 is 0 Å². The Morgan fingerprint density at radius 1 is 0.812 bits per heavy atom. The maximum Gasteiger partial charge on any atom is 0.232 e. The first-order valence-electron chi connectivity index (χ1n) is 9.96. The van der Waals surface area contributed by atoms with E-state index in [1.54, 1.807) is 30.7 Å². The van der Waals surface area contributed by atoms with Gasteiger partial charge in [0, 0.05) is 42.8 Å². The summed E-state index contributed by atoms with van der Waals surface area (Å²) in [5.74, 6) is -0.632. The fourth-order valence-corrected chi connectivity index (χ4v) is 4.08. The quantitative estimate of drug-likeness (QED) is 0.395. The third-order valence-corrected chi connectivity index (χ3v) is 5.62. The zero-order valence-electron chi connectivity index (χ0n) is 17.0. The summed E-state index contributed by atoms with van der Waals surface area (Å²) in [5.41, 5.74) is 4.47. The number of halogens is 1. The van der Waals surface area contributed by atoms with Crippen LogP contribution < -0.4 is 4.72 Å². The standard InChI is InChI=1S/C24H21FN4O2S/c25-21-8-5-17(6-9-21)23(20-7-10-22(28-15-20)16-29-32(30)31)24(18-3-1-11-26-13-18)19-4-2-12-27-14-19/h1-15,23-24,29H,16H2,(H,30,31). The van der Waals surface area contributed by atoms with Crippen LogP contribution in [0.4, 0.5) is 4.39 Å². The minimum absolute atomic E-state index is 0.140. The predicted molar refractivity (Wildman–Crippen MR) is 120 cm³/mol. The van der Waals surface area contributed by atoms with Crippen LogP contribution in [0.2, 0.25) is 0 Å². The second kappa shape index (κ2) is 10.3. The number of pyridine rings is 3. The van der Waals surface area contributed by atoms with Gasteiger partial charge in [0.25, 0.3) is 0 Å². The van der Waals surface area contributed by atoms with Gasteiger partial charge in [0.15, 0.2) is 0 Å². The molecule has 1 aromatic carbocycles. The molecule has 0 aliphatic rings. The summed E-state index contributed by atoms with van der Waals surface area (Å²) >= 11 is -2.11. The lowest BCUT2D eigenvalue weighted by Gasteiger charge is -2.29. The van der Waals surface area contributed by atoms with Gasteiger partial charge in [-0.05, 0) is 52.6 Å². The SMILES string of the molecule is O=S(O)NCc1ccc(C(c2ccc(F)cc2)C(c2cccnc2)c2cccnc2)cn1. The maximum absolute atomic E-state index is 13.7. The molecule has 0 aliphatic carbocycles. The molecule has 0 spiro atoms. The lowest BCUT2D eigenvalue weighted by atomic mass is 9.75. The Morgan fingerprint density at radius 2 is 1.38 bits per heavy atom. The molecule has 4 rings (SSSR count). The molecule has 0 amide bonds. The number of nitrogens with one attached hydrogen (secondary N) is 1. The number of hydrogen-bond acceptors (Lipinski definition) is 4. The first-order chi connectivity index (χ1) is 15.6. The molecule has 2 atom stereocenters. The molecule has 3 heterocycles. The first-order valence-corrected chi connectivity index (χ1v) is 11.1. The van der Waals surface area contributed by atoms with E-state index in [1.165, 1.54) is 12.1 Å². The van der Waals surface area contributed by atoms with Crippen LogP contribution in [0.1, 0.15) is 39.8 Å². The van der Waals surface area contributed by atoms with Gasteiger partial charge in [-0.3, -0.25) is 19.5 Å². The molecular formula is C24H21FN4O2S. The molecule has 2 unspecified atom stereocenters. The van der Waals surface area contributed by atoms with Gasteiger partial charge in [-0.15, -0.1) is 0 Å². The number of aromatic nitrogens is 3. The second-order valence-electron chi connectivity index (χ2n) is 7.23. The van der Waals surface area contributed by atoms with Crippen LogP contribution in [0.5, 0.6) is 0 Å². The van der Waals surface area contributed by atoms with Gasteiger partial charge in [0.2, 0.25) is 11.3 Å². The summed E-state index contributed by atoms with van der Waals surface area (Å²) < 4.78 is 36.0. The van der Waals surface area contributed by atoms with Gasteiger partial charge in [-0.25, -0.2) is 13.3 Å². The molecule has 0 aliphatic heterocycles. The van der Waals surface area contributed by atoms with Crippen molar-refractivity contribution in [2.24, 2.45) is 0 Å². The molecule has 6 nitrogen and oxygen atoms in total. The van der Waals surface area contributed by atoms with Crippen molar-refractivity contribution < 1.29 is 13.2 Å². The van der Waals surface area contributed by atoms with E-state index < -0.39 is 11.3 Å². The number of rotatable bonds is 8. The highest BCUT2D eigenvalue weighted by atomic mass is 32.2. The number of nitrogens with zero attached hydrogens (tertiary/aromatic N) is 3. The van der Waals surface area contributed by atoms with Crippen molar-refractivity contribution in [3.05, 3.63) is 125 Å². The summed E-state index contributed by atoms with van der Waals surface area (Å²) in [5, 5.41) is 0. The van der Waals surface area contributed by atoms with Crippen LogP contribution in [0.15, 0.2) is 91.6 Å². The predicted octanol–water partition coefficient (Wildman–Crippen LogP) is 4.20. The van der Waals surface area contributed by atoms with E-state index in [2.05, 4.69) is 19.7 Å². The van der Waals surface area contributed by atoms with Crippen LogP contribution in [0.25, 0.3) is 0 Å². The zero-order valence-corrected chi connectivity index (χ0v) is 17.8. The molecule has 162 valence electrons. The fraction of sp³-hybridized carbons (Fsp3) is 0.125. The molecule has 4 aromatic rings. The molecule has 3 aromatic heterocycles. The molecule has 0 saturated carbocycles. The largest absolute Gasteiger partial charge is 0.294 e. The van der Waals surface area contributed by atoms with Crippen LogP contribution in [-0.2, 0) is 17.8 Å². The smallest absolute Gasteiger partial charge is 0.232 e. The van der Waals surface area contributed by atoms with Crippen LogP contribution in [0.3, 0.4) is 0 Å². The van der Waals surface area contributed by atoms with E-state index in [0.29, 0.717) is 5.69 Å². The molecule has 0 radical (unpaired) electrons. The van der Waals surface area contributed by atoms with E-state index in [1.807, 2.05) is 48.8 Å². The van der Waals surface area contributed by atoms with E-state index in [-0.39, 0.29) is 24.2 Å². The van der Waals surface area contributed by atoms with Crippen molar-refractivity contribution in [3.63, 3.8) is 0 Å². The molecule has 0 saturated heterocycles. The average molecular weight is 449 g/mol. The van der Waals surface area contributed by atoms with Gasteiger partial charge in [-0.1, -0.05) is 30.3 Å². The zero-order chi connectivity index (χ0) is 22.3. The van der Waals surface area contributed by atoms with Crippen LogP contribution in [0, 0.1) is 5.82 Å². The van der Waals surface area contributed by atoms with Crippen LogP contribution >= 0.6 is 0 Å². The normalized spacial score (nSPS) is 13.1. The third-order valence-electron chi connectivity index (χ3n) is 5.23. The van der Waals surface area contributed by atoms with Gasteiger partial charge in [0.1, 0.15) is 5.82 Å². The average Bonchev–Trinajstić information content (AvgIpc) is 2.83. The van der Waals surface area contributed by atoms with Gasteiger partial charge < -0.3 is 0 Å². The summed E-state index contributed by atoms with van der Waals surface area (Å²) in [6, 6.07) is 18.0. The van der Waals surface area contributed by atoms with Crippen LogP contribution in [-0.4, -0.2) is 23.7 Å². The summed E-state index contributed by atoms with van der Waals surface area (Å²) in [4.78, 5) is 13.1. The Kier molecular flexibility index (Phi) is 7.06. The Hall–Kier alpha value is -3.33. The summed E-state index contributed by atoms with van der Waals surface area (Å²) in [6.45, 7) is 0.166. The van der Waals surface area contributed by atoms with Gasteiger partial charge in [-0.2, -0.15) is 0 Å². The Labute approximate surface area is 188 Å². The highest BCUT2D eigenvalue weighted by Gasteiger charge is 2.29. The van der Waals surface area contributed by atoms with Crippen molar-refractivity contribution in [2.45, 2.75) is 18.4 Å². The second-order valence-corrected chi connectivity index (χ2v) is 8.02. The molecule has 32 heavy (non-hydrogen) atoms. The van der Waals surface area contributed by atoms with Crippen molar-refractivity contribution in [3.8, 4) is 0 Å². The molecule has 0 bridgehead atoms. The highest BCUT2D eigenvalue weighted by Crippen LogP contribution is 2.42. The van der Waals surface area contributed by atoms with Crippen molar-refractivity contribution in [2.75, 3.05) is 0 Å². The Balaban J connectivity index is 1.82. The van der Waals surface area contributed by atoms with Crippen molar-refractivity contribution in [1.29, 1.82) is 0 Å².